The van der Waals surface area contributed by atoms with Crippen LogP contribution in [0.5, 0.6) is 0 Å². The van der Waals surface area contributed by atoms with Crippen molar-refractivity contribution in [3.8, 4) is 0 Å². The summed E-state index contributed by atoms with van der Waals surface area (Å²) in [5, 5.41) is 2.31. The van der Waals surface area contributed by atoms with E-state index in [-0.39, 0.29) is 30.4 Å². The van der Waals surface area contributed by atoms with Gasteiger partial charge in [0.1, 0.15) is 0 Å². The van der Waals surface area contributed by atoms with Crippen LogP contribution in [-0.4, -0.2) is 30.4 Å². The number of amides is 2. The van der Waals surface area contributed by atoms with Crippen molar-refractivity contribution in [1.29, 1.82) is 0 Å². The quantitative estimate of drug-likeness (QED) is 0.759. The molecule has 0 aromatic heterocycles. The van der Waals surface area contributed by atoms with Crippen molar-refractivity contribution in [2.45, 2.75) is 24.8 Å². The van der Waals surface area contributed by atoms with Crippen molar-refractivity contribution < 1.29 is 9.59 Å². The summed E-state index contributed by atoms with van der Waals surface area (Å²) >= 11 is 0. The lowest BCUT2D eigenvalue weighted by atomic mass is 10.0. The summed E-state index contributed by atoms with van der Waals surface area (Å²) in [6.45, 7) is 0.445. The van der Waals surface area contributed by atoms with E-state index in [1.807, 2.05) is 29.2 Å². The van der Waals surface area contributed by atoms with Crippen LogP contribution in [0, 0.1) is 0 Å². The third-order valence-electron chi connectivity index (χ3n) is 3.71. The second kappa shape index (κ2) is 4.35. The molecule has 0 bridgehead atoms. The van der Waals surface area contributed by atoms with Gasteiger partial charge in [-0.3, -0.25) is 14.9 Å². The maximum absolute atomic E-state index is 11.5. The van der Waals surface area contributed by atoms with Crippen molar-refractivity contribution in [1.82, 2.24) is 5.32 Å². The molecule has 5 heteroatoms. The molecule has 0 radical (unpaired) electrons. The van der Waals surface area contributed by atoms with E-state index < -0.39 is 0 Å². The van der Waals surface area contributed by atoms with Crippen LogP contribution in [0.3, 0.4) is 0 Å². The number of benzene rings is 1. The molecular formula is C14H17N3O2. The molecule has 1 aromatic carbocycles. The molecule has 1 aliphatic carbocycles. The van der Waals surface area contributed by atoms with Crippen molar-refractivity contribution in [3.63, 3.8) is 0 Å². The number of carbonyl (C=O) groups excluding carboxylic acids is 2. The molecule has 1 saturated heterocycles. The lowest BCUT2D eigenvalue weighted by molar-refractivity contribution is -0.130. The standard InChI is InChI=1S/C14H17N3O2/c15-14(5-6-14)7-10-3-1-2-4-11(10)17-8-12(18)16-13(19)9-17/h1-4H,5-9,15H2,(H,16,18,19). The summed E-state index contributed by atoms with van der Waals surface area (Å²) < 4.78 is 0. The third-order valence-corrected chi connectivity index (χ3v) is 3.71. The number of rotatable bonds is 3. The number of hydrogen-bond donors (Lipinski definition) is 2. The number of nitrogens with one attached hydrogen (secondary N) is 1. The summed E-state index contributed by atoms with van der Waals surface area (Å²) in [5.41, 5.74) is 8.14. The molecule has 5 nitrogen and oxygen atoms in total. The molecule has 2 aliphatic rings. The Labute approximate surface area is 111 Å². The first-order valence-electron chi connectivity index (χ1n) is 6.50. The van der Waals surface area contributed by atoms with Crippen LogP contribution in [0.15, 0.2) is 24.3 Å². The molecule has 1 aliphatic heterocycles. The van der Waals surface area contributed by atoms with E-state index in [2.05, 4.69) is 5.32 Å². The monoisotopic (exact) mass is 259 g/mol. The van der Waals surface area contributed by atoms with Gasteiger partial charge < -0.3 is 10.6 Å². The highest BCUT2D eigenvalue weighted by Gasteiger charge is 2.39. The third kappa shape index (κ3) is 2.61. The van der Waals surface area contributed by atoms with E-state index in [9.17, 15) is 9.59 Å². The van der Waals surface area contributed by atoms with Crippen molar-refractivity contribution in [2.24, 2.45) is 5.73 Å². The second-order valence-electron chi connectivity index (χ2n) is 5.50. The van der Waals surface area contributed by atoms with Gasteiger partial charge in [-0.05, 0) is 30.9 Å². The van der Waals surface area contributed by atoms with Gasteiger partial charge in [0.25, 0.3) is 0 Å². The lowest BCUT2D eigenvalue weighted by Gasteiger charge is -2.29. The number of carbonyl (C=O) groups is 2. The molecule has 1 saturated carbocycles. The van der Waals surface area contributed by atoms with E-state index in [1.54, 1.807) is 0 Å². The summed E-state index contributed by atoms with van der Waals surface area (Å²) in [4.78, 5) is 24.8. The zero-order valence-corrected chi connectivity index (χ0v) is 10.7. The van der Waals surface area contributed by atoms with Crippen molar-refractivity contribution >= 4 is 17.5 Å². The molecule has 1 aromatic rings. The molecule has 0 spiro atoms. The summed E-state index contributed by atoms with van der Waals surface area (Å²) in [6.07, 6.45) is 2.89. The van der Waals surface area contributed by atoms with E-state index in [0.29, 0.717) is 0 Å². The Morgan fingerprint density at radius 3 is 2.42 bits per heavy atom. The molecule has 0 unspecified atom stereocenters. The maximum Gasteiger partial charge on any atom is 0.246 e. The molecule has 0 atom stereocenters. The number of imide groups is 1. The van der Waals surface area contributed by atoms with Crippen LogP contribution in [0.1, 0.15) is 18.4 Å². The van der Waals surface area contributed by atoms with Crippen molar-refractivity contribution in [3.05, 3.63) is 29.8 Å². The maximum atomic E-state index is 11.5. The van der Waals surface area contributed by atoms with E-state index in [0.717, 1.165) is 30.5 Å². The van der Waals surface area contributed by atoms with Crippen LogP contribution in [0.4, 0.5) is 5.69 Å². The SMILES string of the molecule is NC1(Cc2ccccc2N2CC(=O)NC(=O)C2)CC1. The van der Waals surface area contributed by atoms with E-state index in [4.69, 9.17) is 5.73 Å². The fourth-order valence-electron chi connectivity index (χ4n) is 2.49. The highest BCUT2D eigenvalue weighted by molar-refractivity contribution is 6.02. The zero-order chi connectivity index (χ0) is 13.5. The molecule has 19 heavy (non-hydrogen) atoms. The normalized spacial score (nSPS) is 21.2. The second-order valence-corrected chi connectivity index (χ2v) is 5.50. The topological polar surface area (TPSA) is 75.4 Å². The Bertz CT molecular complexity index is 521. The highest BCUT2D eigenvalue weighted by Crippen LogP contribution is 2.37. The number of nitrogens with two attached hydrogens (primary N) is 1. The van der Waals surface area contributed by atoms with Gasteiger partial charge >= 0.3 is 0 Å². The average molecular weight is 259 g/mol. The van der Waals surface area contributed by atoms with Gasteiger partial charge in [0.15, 0.2) is 0 Å². The van der Waals surface area contributed by atoms with Crippen LogP contribution in [0.2, 0.25) is 0 Å². The summed E-state index contributed by atoms with van der Waals surface area (Å²) in [6, 6.07) is 7.87. The van der Waals surface area contributed by atoms with Crippen LogP contribution >= 0.6 is 0 Å². The Kier molecular flexibility index (Phi) is 2.78. The first-order chi connectivity index (χ1) is 9.06. The first kappa shape index (κ1) is 12.2. The Hall–Kier alpha value is -1.88. The molecular weight excluding hydrogens is 242 g/mol. The van der Waals surface area contributed by atoms with Gasteiger partial charge in [-0.2, -0.15) is 0 Å². The smallest absolute Gasteiger partial charge is 0.246 e. The number of para-hydroxylation sites is 1. The van der Waals surface area contributed by atoms with Gasteiger partial charge in [-0.25, -0.2) is 0 Å². The van der Waals surface area contributed by atoms with Gasteiger partial charge in [0.05, 0.1) is 13.1 Å². The largest absolute Gasteiger partial charge is 0.353 e. The summed E-state index contributed by atoms with van der Waals surface area (Å²) in [7, 11) is 0. The molecule has 100 valence electrons. The number of nitrogens with zero attached hydrogens (tertiary/aromatic N) is 1. The molecule has 3 rings (SSSR count). The molecule has 3 N–H and O–H groups in total. The molecule has 2 fully saturated rings. The fourth-order valence-corrected chi connectivity index (χ4v) is 2.49. The van der Waals surface area contributed by atoms with Crippen LogP contribution in [-0.2, 0) is 16.0 Å². The lowest BCUT2D eigenvalue weighted by Crippen LogP contribution is -2.51. The number of hydrogen-bond acceptors (Lipinski definition) is 4. The van der Waals surface area contributed by atoms with Crippen LogP contribution in [0.25, 0.3) is 0 Å². The van der Waals surface area contributed by atoms with E-state index in [1.165, 1.54) is 0 Å². The number of anilines is 1. The fraction of sp³-hybridized carbons (Fsp3) is 0.429. The van der Waals surface area contributed by atoms with Gasteiger partial charge in [-0.1, -0.05) is 18.2 Å². The molecule has 1 heterocycles. The molecule has 2 amide bonds. The number of piperazine rings is 1. The Morgan fingerprint density at radius 2 is 1.79 bits per heavy atom. The minimum atomic E-state index is -0.250. The van der Waals surface area contributed by atoms with Crippen LogP contribution < -0.4 is 16.0 Å². The first-order valence-corrected chi connectivity index (χ1v) is 6.50. The Balaban J connectivity index is 1.86. The minimum Gasteiger partial charge on any atom is -0.353 e. The van der Waals surface area contributed by atoms with Gasteiger partial charge in [0.2, 0.25) is 11.8 Å². The van der Waals surface area contributed by atoms with Crippen molar-refractivity contribution in [2.75, 3.05) is 18.0 Å². The van der Waals surface area contributed by atoms with Gasteiger partial charge in [-0.15, -0.1) is 0 Å². The summed E-state index contributed by atoms with van der Waals surface area (Å²) in [5.74, 6) is -0.500. The average Bonchev–Trinajstić information content (AvgIpc) is 3.06. The minimum absolute atomic E-state index is 0.0852. The Morgan fingerprint density at radius 1 is 1.16 bits per heavy atom. The van der Waals surface area contributed by atoms with E-state index >= 15 is 0 Å². The van der Waals surface area contributed by atoms with Gasteiger partial charge in [0, 0.05) is 11.2 Å². The highest BCUT2D eigenvalue weighted by atomic mass is 16.2. The predicted molar refractivity (Wildman–Crippen MR) is 71.7 cm³/mol. The zero-order valence-electron chi connectivity index (χ0n) is 10.7. The predicted octanol–water partition coefficient (Wildman–Crippen LogP) is 0.183.